The van der Waals surface area contributed by atoms with E-state index in [0.29, 0.717) is 24.3 Å². The average molecular weight is 318 g/mol. The summed E-state index contributed by atoms with van der Waals surface area (Å²) in [6, 6.07) is 6.74. The highest BCUT2D eigenvalue weighted by molar-refractivity contribution is 5.97. The van der Waals surface area contributed by atoms with E-state index in [1.807, 2.05) is 13.8 Å². The molecule has 0 saturated heterocycles. The Hall–Kier alpha value is -2.37. The third-order valence-corrected chi connectivity index (χ3v) is 3.70. The molecule has 0 radical (unpaired) electrons. The van der Waals surface area contributed by atoms with E-state index in [9.17, 15) is 14.4 Å². The Kier molecular flexibility index (Phi) is 5.73. The van der Waals surface area contributed by atoms with Crippen molar-refractivity contribution in [3.63, 3.8) is 0 Å². The van der Waals surface area contributed by atoms with Crippen LogP contribution in [-0.4, -0.2) is 42.4 Å². The van der Waals surface area contributed by atoms with Crippen LogP contribution in [0.2, 0.25) is 0 Å². The molecule has 2 amide bonds. The van der Waals surface area contributed by atoms with Crippen LogP contribution in [0.15, 0.2) is 24.3 Å². The molecule has 0 aliphatic heterocycles. The van der Waals surface area contributed by atoms with Crippen LogP contribution in [0, 0.1) is 5.92 Å². The lowest BCUT2D eigenvalue weighted by Gasteiger charge is -2.19. The first kappa shape index (κ1) is 17.0. The van der Waals surface area contributed by atoms with Crippen LogP contribution in [0.25, 0.3) is 0 Å². The predicted octanol–water partition coefficient (Wildman–Crippen LogP) is 2.06. The number of nitrogens with one attached hydrogen (secondary N) is 1. The van der Waals surface area contributed by atoms with Crippen molar-refractivity contribution in [2.75, 3.05) is 25.0 Å². The Labute approximate surface area is 135 Å². The summed E-state index contributed by atoms with van der Waals surface area (Å²) >= 11 is 0. The molecule has 0 heterocycles. The monoisotopic (exact) mass is 318 g/mol. The highest BCUT2D eigenvalue weighted by Crippen LogP contribution is 2.29. The minimum atomic E-state index is -0.411. The first-order valence-corrected chi connectivity index (χ1v) is 7.91. The molecule has 1 fully saturated rings. The third kappa shape index (κ3) is 4.81. The van der Waals surface area contributed by atoms with Crippen molar-refractivity contribution in [1.29, 1.82) is 0 Å². The lowest BCUT2D eigenvalue weighted by molar-refractivity contribution is -0.148. The standard InChI is InChI=1S/C17H22N2O4/c1-3-19(4-2)16(21)13-6-5-7-14(10-13)18-15(20)11-23-17(22)12-8-9-12/h5-7,10,12H,3-4,8-9,11H2,1-2H3,(H,18,20). The van der Waals surface area contributed by atoms with Crippen molar-refractivity contribution >= 4 is 23.5 Å². The quantitative estimate of drug-likeness (QED) is 0.781. The SMILES string of the molecule is CCN(CC)C(=O)c1cccc(NC(=O)COC(=O)C2CC2)c1. The first-order valence-electron chi connectivity index (χ1n) is 7.91. The normalized spacial score (nSPS) is 13.3. The van der Waals surface area contributed by atoms with Crippen molar-refractivity contribution < 1.29 is 19.1 Å². The van der Waals surface area contributed by atoms with E-state index in [1.54, 1.807) is 29.2 Å². The van der Waals surface area contributed by atoms with Crippen molar-refractivity contribution in [2.45, 2.75) is 26.7 Å². The largest absolute Gasteiger partial charge is 0.455 e. The van der Waals surface area contributed by atoms with E-state index in [4.69, 9.17) is 4.74 Å². The van der Waals surface area contributed by atoms with E-state index < -0.39 is 5.91 Å². The summed E-state index contributed by atoms with van der Waals surface area (Å²) in [7, 11) is 0. The zero-order chi connectivity index (χ0) is 16.8. The summed E-state index contributed by atoms with van der Waals surface area (Å²) in [5.74, 6) is -0.832. The number of carbonyl (C=O) groups excluding carboxylic acids is 3. The summed E-state index contributed by atoms with van der Waals surface area (Å²) in [5.41, 5.74) is 1.02. The van der Waals surface area contributed by atoms with Gasteiger partial charge in [-0.05, 0) is 44.9 Å². The molecule has 0 unspecified atom stereocenters. The molecule has 1 saturated carbocycles. The summed E-state index contributed by atoms with van der Waals surface area (Å²) in [5, 5.41) is 2.64. The number of carbonyl (C=O) groups is 3. The number of nitrogens with zero attached hydrogens (tertiary/aromatic N) is 1. The zero-order valence-electron chi connectivity index (χ0n) is 13.5. The summed E-state index contributed by atoms with van der Waals surface area (Å²) in [6.45, 7) is 4.79. The smallest absolute Gasteiger partial charge is 0.309 e. The van der Waals surface area contributed by atoms with Crippen LogP contribution in [0.5, 0.6) is 0 Å². The fourth-order valence-electron chi connectivity index (χ4n) is 2.19. The Morgan fingerprint density at radius 1 is 1.22 bits per heavy atom. The van der Waals surface area contributed by atoms with Crippen molar-refractivity contribution in [2.24, 2.45) is 5.92 Å². The van der Waals surface area contributed by atoms with Crippen LogP contribution >= 0.6 is 0 Å². The summed E-state index contributed by atoms with van der Waals surface area (Å²) in [6.07, 6.45) is 1.69. The van der Waals surface area contributed by atoms with Crippen LogP contribution < -0.4 is 5.32 Å². The van der Waals surface area contributed by atoms with Gasteiger partial charge in [-0.1, -0.05) is 6.07 Å². The number of hydrogen-bond donors (Lipinski definition) is 1. The number of esters is 1. The fraction of sp³-hybridized carbons (Fsp3) is 0.471. The highest BCUT2D eigenvalue weighted by atomic mass is 16.5. The average Bonchev–Trinajstić information content (AvgIpc) is 3.39. The molecular weight excluding hydrogens is 296 g/mol. The van der Waals surface area contributed by atoms with Gasteiger partial charge in [0.25, 0.3) is 11.8 Å². The van der Waals surface area contributed by atoms with E-state index in [0.717, 1.165) is 12.8 Å². The first-order chi connectivity index (χ1) is 11.0. The maximum Gasteiger partial charge on any atom is 0.309 e. The Morgan fingerprint density at radius 2 is 1.91 bits per heavy atom. The van der Waals surface area contributed by atoms with E-state index >= 15 is 0 Å². The van der Waals surface area contributed by atoms with Gasteiger partial charge >= 0.3 is 5.97 Å². The molecule has 0 bridgehead atoms. The molecule has 1 N–H and O–H groups in total. The molecule has 0 atom stereocenters. The molecule has 6 nitrogen and oxygen atoms in total. The number of hydrogen-bond acceptors (Lipinski definition) is 4. The zero-order valence-corrected chi connectivity index (χ0v) is 13.5. The van der Waals surface area contributed by atoms with Gasteiger partial charge < -0.3 is 15.0 Å². The van der Waals surface area contributed by atoms with Gasteiger partial charge in [0.1, 0.15) is 0 Å². The van der Waals surface area contributed by atoms with Crippen LogP contribution in [0.3, 0.4) is 0 Å². The molecule has 124 valence electrons. The number of ether oxygens (including phenoxy) is 1. The molecular formula is C17H22N2O4. The van der Waals surface area contributed by atoms with Crippen LogP contribution in [0.1, 0.15) is 37.0 Å². The van der Waals surface area contributed by atoms with Gasteiger partial charge in [-0.15, -0.1) is 0 Å². The lowest BCUT2D eigenvalue weighted by atomic mass is 10.1. The maximum absolute atomic E-state index is 12.3. The van der Waals surface area contributed by atoms with Gasteiger partial charge in [0, 0.05) is 24.3 Å². The minimum Gasteiger partial charge on any atom is -0.455 e. The molecule has 1 aromatic rings. The predicted molar refractivity (Wildman–Crippen MR) is 86.0 cm³/mol. The Balaban J connectivity index is 1.92. The number of rotatable bonds is 7. The molecule has 0 spiro atoms. The molecule has 6 heteroatoms. The van der Waals surface area contributed by atoms with Gasteiger partial charge in [0.05, 0.1) is 5.92 Å². The number of anilines is 1. The second-order valence-electron chi connectivity index (χ2n) is 5.49. The van der Waals surface area contributed by atoms with Crippen molar-refractivity contribution in [3.05, 3.63) is 29.8 Å². The Bertz CT molecular complexity index is 592. The second kappa shape index (κ2) is 7.76. The minimum absolute atomic E-state index is 0.0298. The molecule has 1 aliphatic carbocycles. The highest BCUT2D eigenvalue weighted by Gasteiger charge is 2.31. The number of benzene rings is 1. The maximum atomic E-state index is 12.3. The number of amides is 2. The van der Waals surface area contributed by atoms with E-state index in [2.05, 4.69) is 5.32 Å². The van der Waals surface area contributed by atoms with Gasteiger partial charge in [-0.2, -0.15) is 0 Å². The van der Waals surface area contributed by atoms with Gasteiger partial charge in [-0.25, -0.2) is 0 Å². The molecule has 1 aliphatic rings. The Morgan fingerprint density at radius 3 is 2.52 bits per heavy atom. The van der Waals surface area contributed by atoms with Crippen molar-refractivity contribution in [1.82, 2.24) is 4.90 Å². The molecule has 1 aromatic carbocycles. The topological polar surface area (TPSA) is 75.7 Å². The summed E-state index contributed by atoms with van der Waals surface area (Å²) < 4.78 is 4.92. The fourth-order valence-corrected chi connectivity index (χ4v) is 2.19. The molecule has 2 rings (SSSR count). The van der Waals surface area contributed by atoms with Gasteiger partial charge in [-0.3, -0.25) is 14.4 Å². The van der Waals surface area contributed by atoms with Crippen molar-refractivity contribution in [3.8, 4) is 0 Å². The summed E-state index contributed by atoms with van der Waals surface area (Å²) in [4.78, 5) is 37.2. The lowest BCUT2D eigenvalue weighted by Crippen LogP contribution is -2.30. The second-order valence-corrected chi connectivity index (χ2v) is 5.49. The molecule has 0 aromatic heterocycles. The van der Waals surface area contributed by atoms with Crippen LogP contribution in [-0.2, 0) is 14.3 Å². The van der Waals surface area contributed by atoms with Gasteiger partial charge in [0.2, 0.25) is 0 Å². The van der Waals surface area contributed by atoms with E-state index in [1.165, 1.54) is 0 Å². The van der Waals surface area contributed by atoms with E-state index in [-0.39, 0.29) is 24.4 Å². The third-order valence-electron chi connectivity index (χ3n) is 3.70. The van der Waals surface area contributed by atoms with Gasteiger partial charge in [0.15, 0.2) is 6.61 Å². The molecule has 23 heavy (non-hydrogen) atoms. The van der Waals surface area contributed by atoms with Crippen LogP contribution in [0.4, 0.5) is 5.69 Å².